The lowest BCUT2D eigenvalue weighted by atomic mass is 9.97. The van der Waals surface area contributed by atoms with Gasteiger partial charge in [-0.15, -0.1) is 0 Å². The molecular formula is C11H13BrFNO. The second kappa shape index (κ2) is 4.49. The van der Waals surface area contributed by atoms with Crippen molar-refractivity contribution in [3.05, 3.63) is 28.0 Å². The molecule has 1 aliphatic heterocycles. The van der Waals surface area contributed by atoms with E-state index < -0.39 is 0 Å². The van der Waals surface area contributed by atoms with Crippen LogP contribution in [0.3, 0.4) is 0 Å². The lowest BCUT2D eigenvalue weighted by Gasteiger charge is -2.24. The summed E-state index contributed by atoms with van der Waals surface area (Å²) in [4.78, 5) is 0. The van der Waals surface area contributed by atoms with Crippen LogP contribution in [0, 0.1) is 5.82 Å². The molecule has 2 nitrogen and oxygen atoms in total. The molecule has 1 unspecified atom stereocenters. The third-order valence-electron chi connectivity index (χ3n) is 2.75. The topological polar surface area (TPSA) is 32.3 Å². The molecule has 1 saturated heterocycles. The fourth-order valence-electron chi connectivity index (χ4n) is 1.94. The molecule has 0 amide bonds. The van der Waals surface area contributed by atoms with Crippen LogP contribution in [0.25, 0.3) is 0 Å². The Morgan fingerprint density at radius 1 is 1.40 bits per heavy atom. The van der Waals surface area contributed by atoms with E-state index in [0.29, 0.717) is 10.0 Å². The lowest BCUT2D eigenvalue weighted by Crippen LogP contribution is -2.27. The Morgan fingerprint density at radius 2 is 2.20 bits per heavy atom. The van der Waals surface area contributed by atoms with Crippen LogP contribution in [0.15, 0.2) is 16.6 Å². The fourth-order valence-corrected chi connectivity index (χ4v) is 2.30. The molecule has 1 aromatic carbocycles. The Labute approximate surface area is 96.6 Å². The highest BCUT2D eigenvalue weighted by Gasteiger charge is 2.19. The Morgan fingerprint density at radius 3 is 2.87 bits per heavy atom. The van der Waals surface area contributed by atoms with Crippen LogP contribution >= 0.6 is 15.9 Å². The molecule has 1 fully saturated rings. The van der Waals surface area contributed by atoms with E-state index in [2.05, 4.69) is 21.2 Å². The number of phenolic OH excluding ortho intramolecular Hbond substituents is 1. The van der Waals surface area contributed by atoms with Crippen molar-refractivity contribution in [2.24, 2.45) is 0 Å². The first kappa shape index (κ1) is 10.9. The molecule has 1 aromatic rings. The van der Waals surface area contributed by atoms with Crippen molar-refractivity contribution in [3.8, 4) is 5.75 Å². The van der Waals surface area contributed by atoms with Crippen LogP contribution in [-0.4, -0.2) is 11.7 Å². The van der Waals surface area contributed by atoms with Crippen molar-refractivity contribution in [1.29, 1.82) is 0 Å². The smallest absolute Gasteiger partial charge is 0.132 e. The van der Waals surface area contributed by atoms with Crippen LogP contribution in [-0.2, 0) is 0 Å². The maximum absolute atomic E-state index is 13.6. The van der Waals surface area contributed by atoms with Crippen LogP contribution in [0.5, 0.6) is 5.75 Å². The molecule has 2 rings (SSSR count). The molecule has 0 spiro atoms. The van der Waals surface area contributed by atoms with Crippen molar-refractivity contribution < 1.29 is 9.50 Å². The van der Waals surface area contributed by atoms with Crippen molar-refractivity contribution in [2.45, 2.75) is 25.3 Å². The number of benzene rings is 1. The van der Waals surface area contributed by atoms with Crippen LogP contribution in [0.1, 0.15) is 30.9 Å². The van der Waals surface area contributed by atoms with Gasteiger partial charge in [-0.1, -0.05) is 6.42 Å². The van der Waals surface area contributed by atoms with Gasteiger partial charge in [0, 0.05) is 17.7 Å². The summed E-state index contributed by atoms with van der Waals surface area (Å²) in [5, 5.41) is 12.6. The molecule has 0 aliphatic carbocycles. The summed E-state index contributed by atoms with van der Waals surface area (Å²) in [7, 11) is 0. The number of aromatic hydroxyl groups is 1. The zero-order valence-corrected chi connectivity index (χ0v) is 9.85. The van der Waals surface area contributed by atoms with Crippen molar-refractivity contribution >= 4 is 15.9 Å². The van der Waals surface area contributed by atoms with Gasteiger partial charge in [0.15, 0.2) is 0 Å². The first-order valence-electron chi connectivity index (χ1n) is 5.10. The molecular weight excluding hydrogens is 261 g/mol. The van der Waals surface area contributed by atoms with Gasteiger partial charge in [0.1, 0.15) is 11.6 Å². The molecule has 4 heteroatoms. The van der Waals surface area contributed by atoms with Crippen molar-refractivity contribution in [1.82, 2.24) is 5.32 Å². The minimum absolute atomic E-state index is 0.0490. The fraction of sp³-hybridized carbons (Fsp3) is 0.455. The summed E-state index contributed by atoms with van der Waals surface area (Å²) in [6.45, 7) is 0.933. The number of phenols is 1. The predicted octanol–water partition coefficient (Wildman–Crippen LogP) is 3.11. The van der Waals surface area contributed by atoms with Crippen LogP contribution in [0.2, 0.25) is 0 Å². The molecule has 1 aliphatic rings. The number of rotatable bonds is 1. The van der Waals surface area contributed by atoms with Gasteiger partial charge >= 0.3 is 0 Å². The third kappa shape index (κ3) is 2.32. The molecule has 0 bridgehead atoms. The monoisotopic (exact) mass is 273 g/mol. The van der Waals surface area contributed by atoms with Crippen molar-refractivity contribution in [2.75, 3.05) is 6.54 Å². The maximum atomic E-state index is 13.6. The zero-order chi connectivity index (χ0) is 10.8. The van der Waals surface area contributed by atoms with E-state index in [9.17, 15) is 9.50 Å². The summed E-state index contributed by atoms with van der Waals surface area (Å²) >= 11 is 3.20. The number of hydrogen-bond acceptors (Lipinski definition) is 2. The highest BCUT2D eigenvalue weighted by molar-refractivity contribution is 9.10. The SMILES string of the molecule is Oc1cc(F)c(C2CCCCN2)cc1Br. The summed E-state index contributed by atoms with van der Waals surface area (Å²) in [6, 6.07) is 2.90. The number of nitrogens with one attached hydrogen (secondary N) is 1. The highest BCUT2D eigenvalue weighted by Crippen LogP contribution is 2.32. The summed E-state index contributed by atoms with van der Waals surface area (Å²) in [5.74, 6) is -0.387. The molecule has 2 N–H and O–H groups in total. The molecule has 0 radical (unpaired) electrons. The second-order valence-electron chi connectivity index (χ2n) is 3.83. The molecule has 0 saturated carbocycles. The molecule has 1 heterocycles. The normalized spacial score (nSPS) is 21.6. The first-order valence-corrected chi connectivity index (χ1v) is 5.89. The standard InChI is InChI=1S/C11H13BrFNO/c12-8-5-7(9(13)6-11(8)15)10-3-1-2-4-14-10/h5-6,10,14-15H,1-4H2. The minimum Gasteiger partial charge on any atom is -0.507 e. The molecule has 0 aromatic heterocycles. The van der Waals surface area contributed by atoms with E-state index in [4.69, 9.17) is 0 Å². The second-order valence-corrected chi connectivity index (χ2v) is 4.68. The number of piperidine rings is 1. The quantitative estimate of drug-likeness (QED) is 0.824. The van der Waals surface area contributed by atoms with Gasteiger partial charge in [-0.3, -0.25) is 0 Å². The Hall–Kier alpha value is -0.610. The van der Waals surface area contributed by atoms with Gasteiger partial charge in [0.2, 0.25) is 0 Å². The maximum Gasteiger partial charge on any atom is 0.132 e. The summed E-state index contributed by atoms with van der Waals surface area (Å²) < 4.78 is 14.1. The third-order valence-corrected chi connectivity index (χ3v) is 3.39. The Kier molecular flexibility index (Phi) is 3.26. The number of halogens is 2. The van der Waals surface area contributed by atoms with Crippen LogP contribution < -0.4 is 5.32 Å². The Balaban J connectivity index is 2.30. The first-order chi connectivity index (χ1) is 7.18. The van der Waals surface area contributed by atoms with Crippen molar-refractivity contribution in [3.63, 3.8) is 0 Å². The lowest BCUT2D eigenvalue weighted by molar-refractivity contribution is 0.397. The van der Waals surface area contributed by atoms with Gasteiger partial charge in [0.25, 0.3) is 0 Å². The van der Waals surface area contributed by atoms with Gasteiger partial charge < -0.3 is 10.4 Å². The molecule has 15 heavy (non-hydrogen) atoms. The number of hydrogen-bond donors (Lipinski definition) is 2. The molecule has 1 atom stereocenters. The average Bonchev–Trinajstić information content (AvgIpc) is 2.25. The van der Waals surface area contributed by atoms with E-state index in [1.54, 1.807) is 6.07 Å². The minimum atomic E-state index is -0.338. The van der Waals surface area contributed by atoms with E-state index in [1.165, 1.54) is 0 Å². The Bertz CT molecular complexity index is 364. The predicted molar refractivity (Wildman–Crippen MR) is 60.4 cm³/mol. The average molecular weight is 274 g/mol. The zero-order valence-electron chi connectivity index (χ0n) is 8.26. The van der Waals surface area contributed by atoms with E-state index >= 15 is 0 Å². The highest BCUT2D eigenvalue weighted by atomic mass is 79.9. The van der Waals surface area contributed by atoms with Crippen LogP contribution in [0.4, 0.5) is 4.39 Å². The molecule has 82 valence electrons. The van der Waals surface area contributed by atoms with E-state index in [-0.39, 0.29) is 17.6 Å². The van der Waals surface area contributed by atoms with E-state index in [1.807, 2.05) is 0 Å². The van der Waals surface area contributed by atoms with Gasteiger partial charge in [-0.2, -0.15) is 0 Å². The van der Waals surface area contributed by atoms with Gasteiger partial charge in [0.05, 0.1) is 4.47 Å². The van der Waals surface area contributed by atoms with E-state index in [0.717, 1.165) is 31.9 Å². The van der Waals surface area contributed by atoms with Gasteiger partial charge in [-0.25, -0.2) is 4.39 Å². The van der Waals surface area contributed by atoms with Gasteiger partial charge in [-0.05, 0) is 41.4 Å². The largest absolute Gasteiger partial charge is 0.507 e. The summed E-state index contributed by atoms with van der Waals surface area (Å²) in [6.07, 6.45) is 3.22. The summed E-state index contributed by atoms with van der Waals surface area (Å²) in [5.41, 5.74) is 0.638.